The van der Waals surface area contributed by atoms with E-state index >= 15 is 0 Å². The van der Waals surface area contributed by atoms with Gasteiger partial charge in [0.15, 0.2) is 17.3 Å². The quantitative estimate of drug-likeness (QED) is 0.215. The van der Waals surface area contributed by atoms with Crippen molar-refractivity contribution in [2.75, 3.05) is 30.7 Å². The van der Waals surface area contributed by atoms with Gasteiger partial charge < -0.3 is 31.4 Å². The topological polar surface area (TPSA) is 165 Å². The maximum atomic E-state index is 13.9. The molecule has 3 aromatic heterocycles. The molecule has 1 atom stereocenters. The molecule has 0 aliphatic carbocycles. The molecule has 0 spiro atoms. The normalized spacial score (nSPS) is 16.9. The number of nitrogen functional groups attached to an aromatic ring is 1. The molecular formula is C26H25ClF3N9O3. The Hall–Kier alpha value is -4.47. The zero-order valence-electron chi connectivity index (χ0n) is 22.0. The number of anilines is 2. The third-order valence-corrected chi connectivity index (χ3v) is 7.16. The molecule has 0 saturated carbocycles. The van der Waals surface area contributed by atoms with E-state index in [0.29, 0.717) is 25.2 Å². The lowest BCUT2D eigenvalue weighted by Gasteiger charge is -2.27. The van der Waals surface area contributed by atoms with Crippen molar-refractivity contribution in [1.82, 2.24) is 34.9 Å². The highest BCUT2D eigenvalue weighted by Crippen LogP contribution is 2.37. The van der Waals surface area contributed by atoms with Gasteiger partial charge in [-0.3, -0.25) is 9.59 Å². The Morgan fingerprint density at radius 3 is 2.60 bits per heavy atom. The summed E-state index contributed by atoms with van der Waals surface area (Å²) in [5, 5.41) is 21.9. The number of hydrogen-bond donors (Lipinski definition) is 5. The molecule has 1 aromatic carbocycles. The summed E-state index contributed by atoms with van der Waals surface area (Å²) in [6.07, 6.45) is -0.684. The summed E-state index contributed by atoms with van der Waals surface area (Å²) < 4.78 is 43.9. The Morgan fingerprint density at radius 2 is 1.98 bits per heavy atom. The zero-order chi connectivity index (χ0) is 30.2. The van der Waals surface area contributed by atoms with Crippen LogP contribution in [0.5, 0.6) is 0 Å². The van der Waals surface area contributed by atoms with Crippen molar-refractivity contribution >= 4 is 34.8 Å². The zero-order valence-corrected chi connectivity index (χ0v) is 22.8. The summed E-state index contributed by atoms with van der Waals surface area (Å²) >= 11 is 6.33. The summed E-state index contributed by atoms with van der Waals surface area (Å²) in [6.45, 7) is 0.816. The van der Waals surface area contributed by atoms with Crippen molar-refractivity contribution in [3.8, 4) is 17.1 Å². The number of nitrogens with two attached hydrogens (primary N) is 1. The number of imidazole rings is 1. The number of amides is 2. The number of carbonyl (C=O) groups excluding carboxylic acids is 2. The fourth-order valence-corrected chi connectivity index (χ4v) is 4.86. The molecule has 0 bridgehead atoms. The van der Waals surface area contributed by atoms with Crippen molar-refractivity contribution < 1.29 is 27.9 Å². The molecule has 1 saturated heterocycles. The first-order chi connectivity index (χ1) is 19.9. The lowest BCUT2D eigenvalue weighted by Crippen LogP contribution is -2.52. The van der Waals surface area contributed by atoms with Crippen LogP contribution in [0.2, 0.25) is 5.02 Å². The second kappa shape index (κ2) is 11.1. The van der Waals surface area contributed by atoms with Crippen molar-refractivity contribution in [3.63, 3.8) is 0 Å². The third kappa shape index (κ3) is 5.66. The number of rotatable bonds is 7. The highest BCUT2D eigenvalue weighted by Gasteiger charge is 2.39. The molecule has 1 unspecified atom stereocenters. The minimum Gasteiger partial charge on any atom is -0.397 e. The average molecular weight is 604 g/mol. The van der Waals surface area contributed by atoms with Gasteiger partial charge in [0.1, 0.15) is 0 Å². The minimum atomic E-state index is -4.81. The summed E-state index contributed by atoms with van der Waals surface area (Å²) in [4.78, 5) is 33.9. The Labute approximate surface area is 241 Å². The van der Waals surface area contributed by atoms with E-state index in [9.17, 15) is 27.9 Å². The first kappa shape index (κ1) is 29.0. The number of aromatic nitrogens is 5. The van der Waals surface area contributed by atoms with Gasteiger partial charge in [0, 0.05) is 25.5 Å². The molecule has 1 aliphatic heterocycles. The highest BCUT2D eigenvalue weighted by atomic mass is 35.5. The second-order valence-corrected chi connectivity index (χ2v) is 10.2. The molecule has 6 N–H and O–H groups in total. The first-order valence-electron chi connectivity index (χ1n) is 12.6. The fourth-order valence-electron chi connectivity index (χ4n) is 4.59. The first-order valence-corrected chi connectivity index (χ1v) is 12.9. The molecule has 4 aromatic rings. The van der Waals surface area contributed by atoms with Crippen molar-refractivity contribution in [2.45, 2.75) is 18.1 Å². The summed E-state index contributed by atoms with van der Waals surface area (Å²) in [5.41, 5.74) is 4.01. The highest BCUT2D eigenvalue weighted by molar-refractivity contribution is 6.34. The predicted octanol–water partition coefficient (Wildman–Crippen LogP) is 2.63. The lowest BCUT2D eigenvalue weighted by atomic mass is 9.99. The standard InChI is InChI=1S/C26H25ClF3N9O3/c1-38-19(17-11-39(37-21(17)26(28,29)30)20-5-2-14(31)9-33-20)10-34-22(38)24(42)35-15-3-4-16(18(27)8-15)23(41)36-25(13-40)6-7-32-12-25/h2-5,8-11,32,40H,6-7,12-13,31H2,1H3,(H,35,42)(H,36,41). The smallest absolute Gasteiger partial charge is 0.397 e. The monoisotopic (exact) mass is 603 g/mol. The van der Waals surface area contributed by atoms with Crippen LogP contribution < -0.4 is 21.7 Å². The van der Waals surface area contributed by atoms with E-state index in [0.717, 1.165) is 17.1 Å². The average Bonchev–Trinajstić information content (AvgIpc) is 3.67. The number of benzene rings is 1. The number of hydrogen-bond acceptors (Lipinski definition) is 8. The molecule has 5 rings (SSSR count). The van der Waals surface area contributed by atoms with E-state index in [1.165, 1.54) is 48.1 Å². The molecule has 4 heterocycles. The number of alkyl halides is 3. The van der Waals surface area contributed by atoms with E-state index in [2.05, 4.69) is 31.0 Å². The van der Waals surface area contributed by atoms with Crippen molar-refractivity contribution in [1.29, 1.82) is 0 Å². The van der Waals surface area contributed by atoms with Crippen LogP contribution in [0.15, 0.2) is 48.9 Å². The van der Waals surface area contributed by atoms with Gasteiger partial charge >= 0.3 is 6.18 Å². The molecule has 12 nitrogen and oxygen atoms in total. The fraction of sp³-hybridized carbons (Fsp3) is 0.269. The van der Waals surface area contributed by atoms with Crippen LogP contribution in [0.3, 0.4) is 0 Å². The lowest BCUT2D eigenvalue weighted by molar-refractivity contribution is -0.140. The van der Waals surface area contributed by atoms with E-state index in [1.807, 2.05) is 0 Å². The van der Waals surface area contributed by atoms with Gasteiger partial charge in [0.25, 0.3) is 11.8 Å². The van der Waals surface area contributed by atoms with Gasteiger partial charge in [-0.1, -0.05) is 11.6 Å². The van der Waals surface area contributed by atoms with Crippen molar-refractivity contribution in [3.05, 3.63) is 71.0 Å². The molecule has 42 heavy (non-hydrogen) atoms. The third-order valence-electron chi connectivity index (χ3n) is 6.85. The van der Waals surface area contributed by atoms with Gasteiger partial charge in [-0.15, -0.1) is 0 Å². The molecule has 1 aliphatic rings. The summed E-state index contributed by atoms with van der Waals surface area (Å²) in [6, 6.07) is 7.13. The van der Waals surface area contributed by atoms with E-state index in [4.69, 9.17) is 17.3 Å². The maximum absolute atomic E-state index is 13.9. The number of nitrogens with one attached hydrogen (secondary N) is 3. The molecular weight excluding hydrogens is 579 g/mol. The van der Waals surface area contributed by atoms with Crippen LogP contribution >= 0.6 is 11.6 Å². The maximum Gasteiger partial charge on any atom is 0.435 e. The van der Waals surface area contributed by atoms with Gasteiger partial charge in [-0.05, 0) is 43.3 Å². The SMILES string of the molecule is Cn1c(-c2cn(-c3ccc(N)cn3)nc2C(F)(F)F)cnc1C(=O)Nc1ccc(C(=O)NC2(CO)CCNC2)c(Cl)c1. The number of aliphatic hydroxyl groups is 1. The number of halogens is 4. The molecule has 1 fully saturated rings. The van der Waals surface area contributed by atoms with Crippen LogP contribution in [0.25, 0.3) is 17.1 Å². The molecule has 16 heteroatoms. The molecule has 2 amide bonds. The predicted molar refractivity (Wildman–Crippen MR) is 147 cm³/mol. The van der Waals surface area contributed by atoms with Crippen LogP contribution in [-0.2, 0) is 13.2 Å². The van der Waals surface area contributed by atoms with Gasteiger partial charge in [-0.25, -0.2) is 14.6 Å². The number of nitrogens with zero attached hydrogens (tertiary/aromatic N) is 5. The number of carbonyl (C=O) groups is 2. The number of aliphatic hydroxyl groups excluding tert-OH is 1. The van der Waals surface area contributed by atoms with E-state index in [-0.39, 0.29) is 45.8 Å². The van der Waals surface area contributed by atoms with Gasteiger partial charge in [0.05, 0.1) is 52.1 Å². The van der Waals surface area contributed by atoms with Crippen LogP contribution in [0.1, 0.15) is 33.1 Å². The van der Waals surface area contributed by atoms with Crippen molar-refractivity contribution in [2.24, 2.45) is 7.05 Å². The van der Waals surface area contributed by atoms with Gasteiger partial charge in [-0.2, -0.15) is 18.3 Å². The summed E-state index contributed by atoms with van der Waals surface area (Å²) in [7, 11) is 1.39. The summed E-state index contributed by atoms with van der Waals surface area (Å²) in [5.74, 6) is -1.29. The van der Waals surface area contributed by atoms with Gasteiger partial charge in [0.2, 0.25) is 0 Å². The Morgan fingerprint density at radius 1 is 1.19 bits per heavy atom. The molecule has 220 valence electrons. The van der Waals surface area contributed by atoms with E-state index in [1.54, 1.807) is 0 Å². The number of pyridine rings is 1. The van der Waals surface area contributed by atoms with E-state index < -0.39 is 29.2 Å². The minimum absolute atomic E-state index is 0.0153. The second-order valence-electron chi connectivity index (χ2n) is 9.78. The van der Waals surface area contributed by atoms with Crippen LogP contribution in [0.4, 0.5) is 24.5 Å². The largest absolute Gasteiger partial charge is 0.435 e. The Bertz CT molecular complexity index is 1640. The van der Waals surface area contributed by atoms with Crippen LogP contribution in [0, 0.1) is 0 Å². The molecule has 0 radical (unpaired) electrons. The Kier molecular flexibility index (Phi) is 7.66. The Balaban J connectivity index is 1.37. The van der Waals surface area contributed by atoms with Crippen LogP contribution in [-0.4, -0.2) is 66.5 Å².